The lowest BCUT2D eigenvalue weighted by molar-refractivity contribution is 0.115. The number of amides is 2. The van der Waals surface area contributed by atoms with Gasteiger partial charge in [-0.25, -0.2) is 14.2 Å². The van der Waals surface area contributed by atoms with Crippen molar-refractivity contribution in [2.75, 3.05) is 25.5 Å². The van der Waals surface area contributed by atoms with E-state index in [9.17, 15) is 9.18 Å². The number of benzene rings is 2. The van der Waals surface area contributed by atoms with Crippen LogP contribution in [0.25, 0.3) is 10.2 Å². The predicted octanol–water partition coefficient (Wildman–Crippen LogP) is 5.17. The van der Waals surface area contributed by atoms with Gasteiger partial charge in [-0.05, 0) is 36.4 Å². The highest BCUT2D eigenvalue weighted by molar-refractivity contribution is 7.20. The first-order chi connectivity index (χ1) is 14.0. The van der Waals surface area contributed by atoms with Gasteiger partial charge in [-0.1, -0.05) is 22.9 Å². The zero-order valence-corrected chi connectivity index (χ0v) is 17.2. The molecule has 6 nitrogen and oxygen atoms in total. The lowest BCUT2D eigenvalue weighted by Gasteiger charge is -2.31. The smallest absolute Gasteiger partial charge is 0.321 e. The molecule has 3 aromatic rings. The second kappa shape index (κ2) is 8.42. The van der Waals surface area contributed by atoms with Crippen LogP contribution >= 0.6 is 22.9 Å². The third-order valence-electron chi connectivity index (χ3n) is 4.73. The fourth-order valence-electron chi connectivity index (χ4n) is 3.22. The first-order valence-electron chi connectivity index (χ1n) is 9.14. The van der Waals surface area contributed by atoms with Crippen molar-refractivity contribution in [3.05, 3.63) is 47.2 Å². The molecule has 9 heteroatoms. The number of carbonyl (C=O) groups is 1. The van der Waals surface area contributed by atoms with Gasteiger partial charge in [0.1, 0.15) is 17.7 Å². The molecule has 1 saturated heterocycles. The minimum Gasteiger partial charge on any atom is -0.495 e. The number of halogens is 2. The van der Waals surface area contributed by atoms with Gasteiger partial charge >= 0.3 is 6.03 Å². The Balaban J connectivity index is 1.34. The Bertz CT molecular complexity index is 1040. The number of nitrogens with zero attached hydrogens (tertiary/aromatic N) is 2. The Labute approximate surface area is 176 Å². The quantitative estimate of drug-likeness (QED) is 0.613. The number of methoxy groups -OCH3 is 1. The summed E-state index contributed by atoms with van der Waals surface area (Å²) in [5.41, 5.74) is 1.25. The van der Waals surface area contributed by atoms with Gasteiger partial charge in [0.15, 0.2) is 0 Å². The number of anilines is 1. The van der Waals surface area contributed by atoms with E-state index < -0.39 is 0 Å². The highest BCUT2D eigenvalue weighted by atomic mass is 35.5. The number of carbonyl (C=O) groups excluding carboxylic acids is 1. The summed E-state index contributed by atoms with van der Waals surface area (Å²) in [6.07, 6.45) is 1.33. The van der Waals surface area contributed by atoms with Gasteiger partial charge < -0.3 is 19.7 Å². The van der Waals surface area contributed by atoms with Gasteiger partial charge in [0.05, 0.1) is 23.0 Å². The first-order valence-corrected chi connectivity index (χ1v) is 10.3. The summed E-state index contributed by atoms with van der Waals surface area (Å²) in [6.45, 7) is 1.11. The number of nitrogens with one attached hydrogen (secondary N) is 1. The minimum atomic E-state index is -0.289. The highest BCUT2D eigenvalue weighted by Gasteiger charge is 2.25. The lowest BCUT2D eigenvalue weighted by atomic mass is 10.1. The Morgan fingerprint density at radius 2 is 2.07 bits per heavy atom. The fourth-order valence-corrected chi connectivity index (χ4v) is 4.30. The molecule has 0 bridgehead atoms. The largest absolute Gasteiger partial charge is 0.495 e. The molecule has 4 rings (SSSR count). The first kappa shape index (κ1) is 19.7. The minimum absolute atomic E-state index is 0.0369. The Hall–Kier alpha value is -2.58. The second-order valence-electron chi connectivity index (χ2n) is 6.67. The number of rotatable bonds is 4. The summed E-state index contributed by atoms with van der Waals surface area (Å²) >= 11 is 7.34. The summed E-state index contributed by atoms with van der Waals surface area (Å²) in [4.78, 5) is 18.7. The van der Waals surface area contributed by atoms with Gasteiger partial charge in [-0.2, -0.15) is 0 Å². The van der Waals surface area contributed by atoms with Crippen LogP contribution < -0.4 is 14.8 Å². The third-order valence-corrected chi connectivity index (χ3v) is 5.87. The molecule has 0 unspecified atom stereocenters. The SMILES string of the molecule is COc1ccc(Cl)cc1NC(=O)N1CCC(Oc2nc3ccc(F)cc3s2)CC1. The molecule has 1 aliphatic rings. The molecule has 0 aliphatic carbocycles. The van der Waals surface area contributed by atoms with Crippen LogP contribution in [0.4, 0.5) is 14.9 Å². The van der Waals surface area contributed by atoms with Crippen LogP contribution in [0.1, 0.15) is 12.8 Å². The maximum atomic E-state index is 13.3. The summed E-state index contributed by atoms with van der Waals surface area (Å²) in [5, 5.41) is 3.89. The van der Waals surface area contributed by atoms with E-state index in [0.29, 0.717) is 47.6 Å². The van der Waals surface area contributed by atoms with Crippen LogP contribution in [-0.4, -0.2) is 42.2 Å². The molecule has 0 atom stereocenters. The van der Waals surface area contributed by atoms with E-state index >= 15 is 0 Å². The predicted molar refractivity (Wildman–Crippen MR) is 112 cm³/mol. The number of hydrogen-bond acceptors (Lipinski definition) is 5. The molecule has 29 heavy (non-hydrogen) atoms. The maximum Gasteiger partial charge on any atom is 0.321 e. The second-order valence-corrected chi connectivity index (χ2v) is 8.10. The summed E-state index contributed by atoms with van der Waals surface area (Å²) in [6, 6.07) is 9.35. The van der Waals surface area contributed by atoms with Gasteiger partial charge in [-0.3, -0.25) is 0 Å². The fraction of sp³-hybridized carbons (Fsp3) is 0.300. The monoisotopic (exact) mass is 435 g/mol. The van der Waals surface area contributed by atoms with Crippen LogP contribution in [0.5, 0.6) is 10.9 Å². The molecule has 2 amide bonds. The molecule has 2 aromatic carbocycles. The van der Waals surface area contributed by atoms with E-state index in [2.05, 4.69) is 10.3 Å². The zero-order valence-electron chi connectivity index (χ0n) is 15.7. The van der Waals surface area contributed by atoms with Crippen molar-refractivity contribution in [3.8, 4) is 10.9 Å². The van der Waals surface area contributed by atoms with Crippen LogP contribution in [0, 0.1) is 5.82 Å². The van der Waals surface area contributed by atoms with E-state index in [1.54, 1.807) is 29.2 Å². The van der Waals surface area contributed by atoms with E-state index in [4.69, 9.17) is 21.1 Å². The number of likely N-dealkylation sites (tertiary alicyclic amines) is 1. The van der Waals surface area contributed by atoms with Crippen molar-refractivity contribution in [2.45, 2.75) is 18.9 Å². The molecular weight excluding hydrogens is 417 g/mol. The van der Waals surface area contributed by atoms with Crippen LogP contribution in [0.2, 0.25) is 5.02 Å². The van der Waals surface area contributed by atoms with Gasteiger partial charge in [0.2, 0.25) is 0 Å². The van der Waals surface area contributed by atoms with Crippen molar-refractivity contribution >= 4 is 44.9 Å². The molecule has 0 radical (unpaired) electrons. The van der Waals surface area contributed by atoms with Crippen molar-refractivity contribution in [1.29, 1.82) is 0 Å². The number of ether oxygens (including phenoxy) is 2. The summed E-state index contributed by atoms with van der Waals surface area (Å²) < 4.78 is 25.3. The molecule has 1 aromatic heterocycles. The molecule has 2 heterocycles. The molecule has 152 valence electrons. The number of thiazole rings is 1. The Kier molecular flexibility index (Phi) is 5.73. The van der Waals surface area contributed by atoms with Gasteiger partial charge in [-0.15, -0.1) is 0 Å². The number of aromatic nitrogens is 1. The van der Waals surface area contributed by atoms with Crippen LogP contribution in [0.3, 0.4) is 0 Å². The maximum absolute atomic E-state index is 13.3. The van der Waals surface area contributed by atoms with Crippen LogP contribution in [-0.2, 0) is 0 Å². The Morgan fingerprint density at radius 3 is 2.83 bits per heavy atom. The van der Waals surface area contributed by atoms with Gasteiger partial charge in [0.25, 0.3) is 5.19 Å². The van der Waals surface area contributed by atoms with Crippen LogP contribution in [0.15, 0.2) is 36.4 Å². The Morgan fingerprint density at radius 1 is 1.28 bits per heavy atom. The van der Waals surface area contributed by atoms with E-state index in [0.717, 1.165) is 10.2 Å². The summed E-state index contributed by atoms with van der Waals surface area (Å²) in [7, 11) is 1.54. The molecular formula is C20H19ClFN3O3S. The van der Waals surface area contributed by atoms with Gasteiger partial charge in [0, 0.05) is 31.0 Å². The van der Waals surface area contributed by atoms with E-state index in [1.807, 2.05) is 0 Å². The molecule has 1 fully saturated rings. The standard InChI is InChI=1S/C20H19ClFN3O3S/c1-27-17-5-2-12(21)10-16(17)23-19(26)25-8-6-14(7-9-25)28-20-24-15-4-3-13(22)11-18(15)29-20/h2-5,10-11,14H,6-9H2,1H3,(H,23,26). The average molecular weight is 436 g/mol. The molecule has 0 spiro atoms. The average Bonchev–Trinajstić information content (AvgIpc) is 3.10. The number of piperidine rings is 1. The topological polar surface area (TPSA) is 63.7 Å². The normalized spacial score (nSPS) is 14.8. The third kappa shape index (κ3) is 4.54. The number of hydrogen-bond donors (Lipinski definition) is 1. The van der Waals surface area contributed by atoms with Crippen molar-refractivity contribution in [1.82, 2.24) is 9.88 Å². The summed E-state index contributed by atoms with van der Waals surface area (Å²) in [5.74, 6) is 0.261. The molecule has 0 saturated carbocycles. The number of fused-ring (bicyclic) bond motifs is 1. The molecule has 1 N–H and O–H groups in total. The molecule has 1 aliphatic heterocycles. The van der Waals surface area contributed by atoms with E-state index in [1.165, 1.54) is 30.6 Å². The number of urea groups is 1. The lowest BCUT2D eigenvalue weighted by Crippen LogP contribution is -2.43. The highest BCUT2D eigenvalue weighted by Crippen LogP contribution is 2.31. The van der Waals surface area contributed by atoms with Crippen molar-refractivity contribution in [3.63, 3.8) is 0 Å². The van der Waals surface area contributed by atoms with E-state index in [-0.39, 0.29) is 18.0 Å². The zero-order chi connectivity index (χ0) is 20.4. The van der Waals surface area contributed by atoms with Crippen molar-refractivity contribution < 1.29 is 18.7 Å². The van der Waals surface area contributed by atoms with Crippen molar-refractivity contribution in [2.24, 2.45) is 0 Å².